The Morgan fingerprint density at radius 3 is 2.83 bits per heavy atom. The first-order valence-electron chi connectivity index (χ1n) is 8.22. The number of carbonyl (C=O) groups excluding carboxylic acids is 1. The first-order chi connectivity index (χ1) is 11.2. The predicted molar refractivity (Wildman–Crippen MR) is 91.4 cm³/mol. The number of amidine groups is 1. The van der Waals surface area contributed by atoms with Crippen molar-refractivity contribution in [2.24, 2.45) is 10.7 Å². The standard InChI is InChI=1S/C17H26N4O2/c1-13(19-15-6-3-2-4-7-15)20-17-14(12-18)8-9-16(23)21(17)10-5-11-22/h8-9,12,15,19,22H,1-7,10-11,18H2/b14-12-,20-17+. The molecule has 2 aliphatic rings. The highest BCUT2D eigenvalue weighted by Crippen LogP contribution is 2.19. The van der Waals surface area contributed by atoms with E-state index in [0.717, 1.165) is 12.8 Å². The maximum absolute atomic E-state index is 12.1. The van der Waals surface area contributed by atoms with Gasteiger partial charge >= 0.3 is 0 Å². The van der Waals surface area contributed by atoms with E-state index < -0.39 is 0 Å². The van der Waals surface area contributed by atoms with Crippen LogP contribution in [0.2, 0.25) is 0 Å². The van der Waals surface area contributed by atoms with E-state index in [4.69, 9.17) is 10.8 Å². The summed E-state index contributed by atoms with van der Waals surface area (Å²) in [5, 5.41) is 12.4. The molecule has 0 aromatic carbocycles. The smallest absolute Gasteiger partial charge is 0.252 e. The third-order valence-corrected chi connectivity index (χ3v) is 4.12. The molecule has 6 nitrogen and oxygen atoms in total. The molecule has 23 heavy (non-hydrogen) atoms. The van der Waals surface area contributed by atoms with E-state index in [1.807, 2.05) is 0 Å². The van der Waals surface area contributed by atoms with Crippen molar-refractivity contribution in [1.29, 1.82) is 0 Å². The number of nitrogens with two attached hydrogens (primary N) is 1. The molecule has 0 saturated heterocycles. The van der Waals surface area contributed by atoms with E-state index in [9.17, 15) is 4.79 Å². The van der Waals surface area contributed by atoms with Gasteiger partial charge in [-0.3, -0.25) is 9.69 Å². The largest absolute Gasteiger partial charge is 0.404 e. The molecule has 0 aromatic heterocycles. The van der Waals surface area contributed by atoms with Crippen molar-refractivity contribution in [1.82, 2.24) is 10.2 Å². The fourth-order valence-corrected chi connectivity index (χ4v) is 2.93. The zero-order valence-corrected chi connectivity index (χ0v) is 13.5. The molecule has 1 fully saturated rings. The van der Waals surface area contributed by atoms with Gasteiger partial charge in [0, 0.05) is 37.0 Å². The van der Waals surface area contributed by atoms with Gasteiger partial charge in [-0.25, -0.2) is 4.99 Å². The van der Waals surface area contributed by atoms with E-state index in [-0.39, 0.29) is 12.5 Å². The molecule has 1 amide bonds. The van der Waals surface area contributed by atoms with Crippen LogP contribution in [0.4, 0.5) is 0 Å². The lowest BCUT2D eigenvalue weighted by molar-refractivity contribution is -0.122. The first-order valence-corrected chi connectivity index (χ1v) is 8.22. The lowest BCUT2D eigenvalue weighted by Gasteiger charge is -2.28. The van der Waals surface area contributed by atoms with Crippen LogP contribution >= 0.6 is 0 Å². The normalized spacial score (nSPS) is 22.8. The van der Waals surface area contributed by atoms with Gasteiger partial charge in [-0.15, -0.1) is 0 Å². The van der Waals surface area contributed by atoms with Crippen LogP contribution in [0, 0.1) is 0 Å². The molecule has 0 atom stereocenters. The Kier molecular flexibility index (Phi) is 6.40. The molecule has 6 heteroatoms. The van der Waals surface area contributed by atoms with Crippen molar-refractivity contribution >= 4 is 11.7 Å². The second-order valence-corrected chi connectivity index (χ2v) is 5.88. The Bertz CT molecular complexity index is 531. The number of aliphatic hydroxyl groups is 1. The fourth-order valence-electron chi connectivity index (χ4n) is 2.93. The first kappa shape index (κ1) is 17.3. The van der Waals surface area contributed by atoms with Crippen molar-refractivity contribution in [3.05, 3.63) is 36.3 Å². The Morgan fingerprint density at radius 2 is 2.17 bits per heavy atom. The lowest BCUT2D eigenvalue weighted by Crippen LogP contribution is -2.41. The van der Waals surface area contributed by atoms with Gasteiger partial charge in [0.15, 0.2) is 0 Å². The van der Waals surface area contributed by atoms with Gasteiger partial charge in [-0.1, -0.05) is 25.8 Å². The average molecular weight is 318 g/mol. The molecule has 1 saturated carbocycles. The molecule has 0 bridgehead atoms. The SMILES string of the molecule is C=C(/N=C1\C(=C/N)C=CC(=O)N1CCCO)NC1CCCCC1. The zero-order chi connectivity index (χ0) is 16.7. The number of nitrogens with one attached hydrogen (secondary N) is 1. The van der Waals surface area contributed by atoms with Crippen LogP contribution in [-0.2, 0) is 4.79 Å². The minimum absolute atomic E-state index is 0.0176. The molecule has 2 rings (SSSR count). The van der Waals surface area contributed by atoms with Gasteiger partial charge in [0.05, 0.1) is 0 Å². The molecule has 0 spiro atoms. The van der Waals surface area contributed by atoms with Gasteiger partial charge < -0.3 is 16.2 Å². The van der Waals surface area contributed by atoms with Gasteiger partial charge in [-0.05, 0) is 25.3 Å². The summed E-state index contributed by atoms with van der Waals surface area (Å²) in [7, 11) is 0. The summed E-state index contributed by atoms with van der Waals surface area (Å²) < 4.78 is 0. The summed E-state index contributed by atoms with van der Waals surface area (Å²) in [6.07, 6.45) is 11.0. The van der Waals surface area contributed by atoms with E-state index in [1.54, 1.807) is 6.08 Å². The number of rotatable bonds is 6. The minimum Gasteiger partial charge on any atom is -0.404 e. The van der Waals surface area contributed by atoms with Crippen LogP contribution in [0.5, 0.6) is 0 Å². The van der Waals surface area contributed by atoms with Gasteiger partial charge in [-0.2, -0.15) is 0 Å². The van der Waals surface area contributed by atoms with E-state index in [2.05, 4.69) is 16.9 Å². The molecule has 0 unspecified atom stereocenters. The lowest BCUT2D eigenvalue weighted by atomic mass is 9.96. The number of amides is 1. The summed E-state index contributed by atoms with van der Waals surface area (Å²) in [5.41, 5.74) is 6.33. The molecule has 126 valence electrons. The van der Waals surface area contributed by atoms with Crippen LogP contribution in [0.1, 0.15) is 38.5 Å². The molecular weight excluding hydrogens is 292 g/mol. The molecule has 0 aromatic rings. The topological polar surface area (TPSA) is 91.0 Å². The fraction of sp³-hybridized carbons (Fsp3) is 0.529. The summed E-state index contributed by atoms with van der Waals surface area (Å²) in [6, 6.07) is 0.395. The van der Waals surface area contributed by atoms with E-state index in [1.165, 1.54) is 36.4 Å². The van der Waals surface area contributed by atoms with Crippen LogP contribution in [0.3, 0.4) is 0 Å². The van der Waals surface area contributed by atoms with Crippen LogP contribution in [0.25, 0.3) is 0 Å². The maximum atomic E-state index is 12.1. The third kappa shape index (κ3) is 4.69. The van der Waals surface area contributed by atoms with Crippen LogP contribution in [0.15, 0.2) is 41.3 Å². The highest BCUT2D eigenvalue weighted by atomic mass is 16.3. The maximum Gasteiger partial charge on any atom is 0.252 e. The molecular formula is C17H26N4O2. The van der Waals surface area contributed by atoms with Crippen molar-refractivity contribution in [3.63, 3.8) is 0 Å². The summed E-state index contributed by atoms with van der Waals surface area (Å²) in [4.78, 5) is 18.1. The van der Waals surface area contributed by atoms with Crippen LogP contribution in [-0.4, -0.2) is 40.9 Å². The number of hydrogen-bond acceptors (Lipinski definition) is 5. The molecule has 1 aliphatic heterocycles. The predicted octanol–water partition coefficient (Wildman–Crippen LogP) is 1.40. The Morgan fingerprint density at radius 1 is 1.43 bits per heavy atom. The highest BCUT2D eigenvalue weighted by Gasteiger charge is 2.24. The van der Waals surface area contributed by atoms with Crippen molar-refractivity contribution in [3.8, 4) is 0 Å². The molecule has 1 heterocycles. The number of aliphatic hydroxyl groups excluding tert-OH is 1. The zero-order valence-electron chi connectivity index (χ0n) is 13.5. The minimum atomic E-state index is -0.159. The summed E-state index contributed by atoms with van der Waals surface area (Å²) in [5.74, 6) is 0.873. The third-order valence-electron chi connectivity index (χ3n) is 4.12. The van der Waals surface area contributed by atoms with Crippen molar-refractivity contribution < 1.29 is 9.90 Å². The molecule has 1 aliphatic carbocycles. The van der Waals surface area contributed by atoms with Crippen molar-refractivity contribution in [2.45, 2.75) is 44.6 Å². The Labute approximate surface area is 137 Å². The Balaban J connectivity index is 2.14. The van der Waals surface area contributed by atoms with E-state index in [0.29, 0.717) is 36.2 Å². The summed E-state index contributed by atoms with van der Waals surface area (Å²) >= 11 is 0. The van der Waals surface area contributed by atoms with Gasteiger partial charge in [0.1, 0.15) is 11.7 Å². The van der Waals surface area contributed by atoms with Crippen molar-refractivity contribution in [2.75, 3.05) is 13.2 Å². The quantitative estimate of drug-likeness (QED) is 0.690. The number of carbonyl (C=O) groups is 1. The average Bonchev–Trinajstić information content (AvgIpc) is 2.55. The second kappa shape index (κ2) is 8.53. The summed E-state index contributed by atoms with van der Waals surface area (Å²) in [6.45, 7) is 4.39. The number of aliphatic imine (C=N–C) groups is 1. The molecule has 4 N–H and O–H groups in total. The number of nitrogens with zero attached hydrogens (tertiary/aromatic N) is 2. The number of hydrogen-bond donors (Lipinski definition) is 3. The molecule has 0 radical (unpaired) electrons. The van der Waals surface area contributed by atoms with Gasteiger partial charge in [0.25, 0.3) is 5.91 Å². The Hall–Kier alpha value is -2.08. The van der Waals surface area contributed by atoms with Gasteiger partial charge in [0.2, 0.25) is 0 Å². The highest BCUT2D eigenvalue weighted by molar-refractivity contribution is 6.15. The second-order valence-electron chi connectivity index (χ2n) is 5.88. The van der Waals surface area contributed by atoms with E-state index >= 15 is 0 Å². The van der Waals surface area contributed by atoms with Crippen LogP contribution < -0.4 is 11.1 Å². The monoisotopic (exact) mass is 318 g/mol.